The van der Waals surface area contributed by atoms with Gasteiger partial charge in [-0.1, -0.05) is 20.8 Å². The topological polar surface area (TPSA) is 72.3 Å². The Hall–Kier alpha value is -0.450. The van der Waals surface area contributed by atoms with Crippen LogP contribution in [0.1, 0.15) is 34.1 Å². The van der Waals surface area contributed by atoms with Crippen LogP contribution in [-0.2, 0) is 4.79 Å². The number of carbonyl (C=O) groups excluding carboxylic acids is 1. The quantitative estimate of drug-likeness (QED) is 0.642. The molecule has 0 fully saturated rings. The van der Waals surface area contributed by atoms with Gasteiger partial charge < -0.3 is 11.5 Å². The van der Waals surface area contributed by atoms with Gasteiger partial charge in [0.15, 0.2) is 0 Å². The van der Waals surface area contributed by atoms with Crippen molar-refractivity contribution < 1.29 is 4.79 Å². The Morgan fingerprint density at radius 3 is 2.13 bits per heavy atom. The zero-order valence-corrected chi connectivity index (χ0v) is 10.6. The van der Waals surface area contributed by atoms with Gasteiger partial charge in [-0.05, 0) is 32.9 Å². The molecule has 4 heteroatoms. The van der Waals surface area contributed by atoms with Crippen LogP contribution in [-0.4, -0.2) is 30.1 Å². The van der Waals surface area contributed by atoms with Gasteiger partial charge in [0.1, 0.15) is 11.6 Å². The number of hydrogen-bond acceptors (Lipinski definition) is 4. The molecular weight excluding hydrogens is 190 g/mol. The molecule has 0 heterocycles. The van der Waals surface area contributed by atoms with Gasteiger partial charge >= 0.3 is 0 Å². The van der Waals surface area contributed by atoms with Crippen LogP contribution in [0.2, 0.25) is 0 Å². The molecule has 0 aromatic rings. The zero-order chi connectivity index (χ0) is 12.2. The van der Waals surface area contributed by atoms with Crippen LogP contribution in [0.4, 0.5) is 0 Å². The molecule has 0 bridgehead atoms. The molecular formula is C11H25N3O. The number of nitrogens with two attached hydrogens (primary N) is 2. The fraction of sp³-hybridized carbons (Fsp3) is 0.909. The maximum absolute atomic E-state index is 11.6. The van der Waals surface area contributed by atoms with E-state index in [1.165, 1.54) is 0 Å². The summed E-state index contributed by atoms with van der Waals surface area (Å²) in [6, 6.07) is 0. The van der Waals surface area contributed by atoms with E-state index < -0.39 is 5.79 Å². The number of rotatable bonds is 6. The summed E-state index contributed by atoms with van der Waals surface area (Å²) in [5.41, 5.74) is 12.1. The minimum atomic E-state index is -1.04. The Labute approximate surface area is 93.0 Å². The standard InChI is InChI=1S/C11H25N3O/c1-6-14(5)11(12,13)10(9(4)15)7-8(2)3/h8,10H,6-7,12-13H2,1-5H3. The highest BCUT2D eigenvalue weighted by molar-refractivity contribution is 5.79. The van der Waals surface area contributed by atoms with E-state index in [-0.39, 0.29) is 11.7 Å². The minimum Gasteiger partial charge on any atom is -0.300 e. The molecule has 0 aliphatic rings. The molecule has 0 saturated carbocycles. The molecule has 4 N–H and O–H groups in total. The van der Waals surface area contributed by atoms with E-state index in [0.29, 0.717) is 5.92 Å². The van der Waals surface area contributed by atoms with E-state index in [9.17, 15) is 4.79 Å². The normalized spacial score (nSPS) is 14.7. The van der Waals surface area contributed by atoms with Crippen LogP contribution in [0.3, 0.4) is 0 Å². The highest BCUT2D eigenvalue weighted by Crippen LogP contribution is 2.22. The predicted octanol–water partition coefficient (Wildman–Crippen LogP) is 0.761. The number of carbonyl (C=O) groups is 1. The van der Waals surface area contributed by atoms with Gasteiger partial charge in [0.2, 0.25) is 0 Å². The summed E-state index contributed by atoms with van der Waals surface area (Å²) in [4.78, 5) is 13.4. The lowest BCUT2D eigenvalue weighted by atomic mass is 9.87. The van der Waals surface area contributed by atoms with Crippen molar-refractivity contribution >= 4 is 5.78 Å². The molecule has 0 aliphatic heterocycles. The third-order valence-corrected chi connectivity index (χ3v) is 2.89. The number of nitrogens with zero attached hydrogens (tertiary/aromatic N) is 1. The maximum Gasteiger partial charge on any atom is 0.137 e. The van der Waals surface area contributed by atoms with Gasteiger partial charge in [-0.25, -0.2) is 0 Å². The molecule has 0 saturated heterocycles. The van der Waals surface area contributed by atoms with Crippen molar-refractivity contribution in [2.24, 2.45) is 23.3 Å². The first-order valence-electron chi connectivity index (χ1n) is 5.52. The van der Waals surface area contributed by atoms with Crippen LogP contribution in [0.15, 0.2) is 0 Å². The van der Waals surface area contributed by atoms with Crippen molar-refractivity contribution in [3.63, 3.8) is 0 Å². The van der Waals surface area contributed by atoms with Crippen LogP contribution < -0.4 is 11.5 Å². The molecule has 90 valence electrons. The van der Waals surface area contributed by atoms with Crippen molar-refractivity contribution in [1.29, 1.82) is 0 Å². The van der Waals surface area contributed by atoms with Crippen molar-refractivity contribution in [2.75, 3.05) is 13.6 Å². The molecule has 0 aromatic heterocycles. The summed E-state index contributed by atoms with van der Waals surface area (Å²) in [5.74, 6) is -0.864. The summed E-state index contributed by atoms with van der Waals surface area (Å²) < 4.78 is 0. The fourth-order valence-corrected chi connectivity index (χ4v) is 1.69. The Kier molecular flexibility index (Phi) is 5.42. The SMILES string of the molecule is CCN(C)C(N)(N)C(CC(C)C)C(C)=O. The number of ketones is 1. The predicted molar refractivity (Wildman–Crippen MR) is 63.0 cm³/mol. The van der Waals surface area contributed by atoms with Gasteiger partial charge in [-0.3, -0.25) is 9.69 Å². The Morgan fingerprint density at radius 2 is 1.87 bits per heavy atom. The second kappa shape index (κ2) is 5.58. The van der Waals surface area contributed by atoms with Crippen LogP contribution >= 0.6 is 0 Å². The third kappa shape index (κ3) is 3.89. The maximum atomic E-state index is 11.6. The van der Waals surface area contributed by atoms with Gasteiger partial charge in [0.25, 0.3) is 0 Å². The number of Topliss-reactive ketones (excluding diaryl/α,β-unsaturated/α-hetero) is 1. The van der Waals surface area contributed by atoms with Crippen molar-refractivity contribution in [2.45, 2.75) is 39.9 Å². The molecule has 0 amide bonds. The smallest absolute Gasteiger partial charge is 0.137 e. The highest BCUT2D eigenvalue weighted by Gasteiger charge is 2.37. The fourth-order valence-electron chi connectivity index (χ4n) is 1.69. The van der Waals surface area contributed by atoms with E-state index in [4.69, 9.17) is 11.5 Å². The average Bonchev–Trinajstić information content (AvgIpc) is 2.11. The van der Waals surface area contributed by atoms with Gasteiger partial charge in [0.05, 0.1) is 5.92 Å². The lowest BCUT2D eigenvalue weighted by Crippen LogP contribution is -2.67. The van der Waals surface area contributed by atoms with E-state index in [0.717, 1.165) is 13.0 Å². The van der Waals surface area contributed by atoms with E-state index >= 15 is 0 Å². The van der Waals surface area contributed by atoms with E-state index in [1.54, 1.807) is 6.92 Å². The molecule has 4 nitrogen and oxygen atoms in total. The van der Waals surface area contributed by atoms with Crippen LogP contribution in [0.5, 0.6) is 0 Å². The highest BCUT2D eigenvalue weighted by atomic mass is 16.1. The first-order chi connectivity index (χ1) is 6.73. The molecule has 0 aromatic carbocycles. The zero-order valence-electron chi connectivity index (χ0n) is 10.6. The second-order valence-electron chi connectivity index (χ2n) is 4.69. The summed E-state index contributed by atoms with van der Waals surface area (Å²) >= 11 is 0. The molecule has 1 unspecified atom stereocenters. The molecule has 1 atom stereocenters. The van der Waals surface area contributed by atoms with Gasteiger partial charge in [-0.15, -0.1) is 0 Å². The molecule has 0 spiro atoms. The second-order valence-corrected chi connectivity index (χ2v) is 4.69. The Morgan fingerprint density at radius 1 is 1.40 bits per heavy atom. The number of hydrogen-bond donors (Lipinski definition) is 2. The van der Waals surface area contributed by atoms with E-state index in [2.05, 4.69) is 13.8 Å². The summed E-state index contributed by atoms with van der Waals surface area (Å²) in [5, 5.41) is 0. The molecule has 0 aliphatic carbocycles. The summed E-state index contributed by atoms with van der Waals surface area (Å²) in [7, 11) is 1.84. The van der Waals surface area contributed by atoms with Crippen molar-refractivity contribution in [3.05, 3.63) is 0 Å². The third-order valence-electron chi connectivity index (χ3n) is 2.89. The van der Waals surface area contributed by atoms with Crippen LogP contribution in [0.25, 0.3) is 0 Å². The lowest BCUT2D eigenvalue weighted by Gasteiger charge is -2.40. The molecule has 15 heavy (non-hydrogen) atoms. The van der Waals surface area contributed by atoms with Gasteiger partial charge in [-0.2, -0.15) is 0 Å². The average molecular weight is 215 g/mol. The summed E-state index contributed by atoms with van der Waals surface area (Å²) in [6.45, 7) is 8.40. The Balaban J connectivity index is 4.81. The minimum absolute atomic E-state index is 0.0639. The van der Waals surface area contributed by atoms with Crippen molar-refractivity contribution in [1.82, 2.24) is 4.90 Å². The first kappa shape index (κ1) is 14.6. The Bertz CT molecular complexity index is 214. The molecule has 0 rings (SSSR count). The summed E-state index contributed by atoms with van der Waals surface area (Å²) in [6.07, 6.45) is 0.729. The van der Waals surface area contributed by atoms with Gasteiger partial charge in [0, 0.05) is 0 Å². The largest absolute Gasteiger partial charge is 0.300 e. The molecule has 0 radical (unpaired) electrons. The monoisotopic (exact) mass is 215 g/mol. The van der Waals surface area contributed by atoms with Crippen molar-refractivity contribution in [3.8, 4) is 0 Å². The lowest BCUT2D eigenvalue weighted by molar-refractivity contribution is -0.126. The first-order valence-corrected chi connectivity index (χ1v) is 5.52. The van der Waals surface area contributed by atoms with Crippen LogP contribution in [0, 0.1) is 11.8 Å². The van der Waals surface area contributed by atoms with E-state index in [1.807, 2.05) is 18.9 Å².